The molecule has 0 aliphatic rings. The number of alkyl halides is 3. The Morgan fingerprint density at radius 1 is 1.33 bits per heavy atom. The summed E-state index contributed by atoms with van der Waals surface area (Å²) in [5.41, 5.74) is 3.32. The molecule has 3 N–H and O–H groups in total. The number of aromatic carboxylic acids is 1. The molecular weight excluding hydrogens is 271 g/mol. The van der Waals surface area contributed by atoms with Gasteiger partial charge >= 0.3 is 12.1 Å². The number of amides is 1. The minimum absolute atomic E-state index is 0.0642. The number of hydrogen-bond acceptors (Lipinski definition) is 3. The summed E-state index contributed by atoms with van der Waals surface area (Å²) in [6, 6.07) is 2.31. The summed E-state index contributed by atoms with van der Waals surface area (Å²) in [5.74, 6) is -2.38. The number of carboxylic acid groups (broad SMARTS) is 1. The van der Waals surface area contributed by atoms with Crippen molar-refractivity contribution in [1.82, 2.24) is 0 Å². The van der Waals surface area contributed by atoms with Crippen molar-refractivity contribution in [1.29, 1.82) is 0 Å². The van der Waals surface area contributed by atoms with Crippen LogP contribution in [0.15, 0.2) is 23.1 Å². The molecule has 0 atom stereocenters. The largest absolute Gasteiger partial charge is 0.478 e. The van der Waals surface area contributed by atoms with Crippen LogP contribution in [-0.2, 0) is 11.0 Å². The monoisotopic (exact) mass is 279 g/mol. The summed E-state index contributed by atoms with van der Waals surface area (Å²) in [6.07, 6.45) is -4.61. The van der Waals surface area contributed by atoms with E-state index < -0.39 is 29.2 Å². The molecule has 98 valence electrons. The molecule has 0 aliphatic heterocycles. The zero-order valence-corrected chi connectivity index (χ0v) is 9.64. The average Bonchev–Trinajstić information content (AvgIpc) is 2.24. The van der Waals surface area contributed by atoms with Gasteiger partial charge in [-0.3, -0.25) is 4.79 Å². The van der Waals surface area contributed by atoms with Crippen LogP contribution in [0.4, 0.5) is 13.2 Å². The number of thioether (sulfide) groups is 1. The smallest absolute Gasteiger partial charge is 0.416 e. The van der Waals surface area contributed by atoms with Gasteiger partial charge in [0, 0.05) is 4.90 Å². The summed E-state index contributed by atoms with van der Waals surface area (Å²) in [4.78, 5) is 21.5. The van der Waals surface area contributed by atoms with E-state index >= 15 is 0 Å². The predicted octanol–water partition coefficient (Wildman–Crippen LogP) is 1.98. The van der Waals surface area contributed by atoms with E-state index in [1.54, 1.807) is 0 Å². The van der Waals surface area contributed by atoms with E-state index in [2.05, 4.69) is 0 Å². The summed E-state index contributed by atoms with van der Waals surface area (Å²) in [6.45, 7) is 0. The van der Waals surface area contributed by atoms with Crippen molar-refractivity contribution in [3.05, 3.63) is 29.3 Å². The highest BCUT2D eigenvalue weighted by molar-refractivity contribution is 8.00. The van der Waals surface area contributed by atoms with Gasteiger partial charge in [-0.05, 0) is 18.2 Å². The maximum absolute atomic E-state index is 12.4. The number of benzene rings is 1. The third kappa shape index (κ3) is 3.66. The number of carbonyl (C=O) groups is 2. The minimum Gasteiger partial charge on any atom is -0.478 e. The van der Waals surface area contributed by atoms with Crippen LogP contribution in [0, 0.1) is 0 Å². The zero-order valence-electron chi connectivity index (χ0n) is 8.82. The molecule has 0 aromatic heterocycles. The number of rotatable bonds is 4. The number of carbonyl (C=O) groups excluding carboxylic acids is 1. The van der Waals surface area contributed by atoms with Crippen molar-refractivity contribution in [3.63, 3.8) is 0 Å². The first-order chi connectivity index (χ1) is 8.21. The molecule has 0 radical (unpaired) electrons. The first-order valence-corrected chi connectivity index (χ1v) is 5.56. The van der Waals surface area contributed by atoms with Gasteiger partial charge in [0.15, 0.2) is 0 Å². The molecule has 0 heterocycles. The number of carboxylic acids is 1. The van der Waals surface area contributed by atoms with E-state index in [-0.39, 0.29) is 10.6 Å². The van der Waals surface area contributed by atoms with Crippen LogP contribution in [-0.4, -0.2) is 22.7 Å². The molecule has 0 saturated heterocycles. The van der Waals surface area contributed by atoms with Crippen molar-refractivity contribution < 1.29 is 27.9 Å². The van der Waals surface area contributed by atoms with Gasteiger partial charge in [0.1, 0.15) is 0 Å². The van der Waals surface area contributed by atoms with Gasteiger partial charge < -0.3 is 10.8 Å². The number of nitrogens with two attached hydrogens (primary N) is 1. The minimum atomic E-state index is -4.61. The molecule has 0 bridgehead atoms. The summed E-state index contributed by atoms with van der Waals surface area (Å²) in [5, 5.41) is 8.82. The maximum Gasteiger partial charge on any atom is 0.416 e. The number of halogens is 3. The third-order valence-corrected chi connectivity index (χ3v) is 3.00. The molecular formula is C10H8F3NO3S. The first-order valence-electron chi connectivity index (χ1n) is 4.57. The highest BCUT2D eigenvalue weighted by Gasteiger charge is 2.31. The molecule has 0 aliphatic carbocycles. The second kappa shape index (κ2) is 5.30. The molecule has 0 spiro atoms. The lowest BCUT2D eigenvalue weighted by atomic mass is 10.1. The molecule has 0 unspecified atom stereocenters. The van der Waals surface area contributed by atoms with E-state index in [9.17, 15) is 22.8 Å². The SMILES string of the molecule is NC(=O)CSc1ccc(C(F)(F)F)cc1C(=O)O. The van der Waals surface area contributed by atoms with Crippen molar-refractivity contribution in [3.8, 4) is 0 Å². The Balaban J connectivity index is 3.13. The van der Waals surface area contributed by atoms with E-state index in [1.807, 2.05) is 0 Å². The van der Waals surface area contributed by atoms with Gasteiger partial charge in [-0.1, -0.05) is 0 Å². The first kappa shape index (κ1) is 14.4. The van der Waals surface area contributed by atoms with Crippen molar-refractivity contribution in [2.75, 3.05) is 5.75 Å². The molecule has 4 nitrogen and oxygen atoms in total. The summed E-state index contributed by atoms with van der Waals surface area (Å²) < 4.78 is 37.2. The van der Waals surface area contributed by atoms with Crippen LogP contribution in [0.5, 0.6) is 0 Å². The van der Waals surface area contributed by atoms with Gasteiger partial charge in [0.25, 0.3) is 0 Å². The molecule has 1 rings (SSSR count). The van der Waals surface area contributed by atoms with Gasteiger partial charge in [-0.2, -0.15) is 13.2 Å². The summed E-state index contributed by atoms with van der Waals surface area (Å²) >= 11 is 0.780. The second-order valence-electron chi connectivity index (χ2n) is 3.27. The topological polar surface area (TPSA) is 80.4 Å². The fraction of sp³-hybridized carbons (Fsp3) is 0.200. The van der Waals surface area contributed by atoms with Crippen molar-refractivity contribution >= 4 is 23.6 Å². The van der Waals surface area contributed by atoms with Crippen LogP contribution in [0.2, 0.25) is 0 Å². The van der Waals surface area contributed by atoms with Gasteiger partial charge in [-0.25, -0.2) is 4.79 Å². The van der Waals surface area contributed by atoms with Gasteiger partial charge in [-0.15, -0.1) is 11.8 Å². The van der Waals surface area contributed by atoms with Crippen LogP contribution in [0.25, 0.3) is 0 Å². The van der Waals surface area contributed by atoms with Crippen molar-refractivity contribution in [2.45, 2.75) is 11.1 Å². The molecule has 18 heavy (non-hydrogen) atoms. The van der Waals surface area contributed by atoms with Crippen LogP contribution in [0.3, 0.4) is 0 Å². The van der Waals surface area contributed by atoms with Crippen molar-refractivity contribution in [2.24, 2.45) is 5.73 Å². The van der Waals surface area contributed by atoms with Gasteiger partial charge in [0.2, 0.25) is 5.91 Å². The lowest BCUT2D eigenvalue weighted by Gasteiger charge is -2.10. The van der Waals surface area contributed by atoms with Crippen LogP contribution >= 0.6 is 11.8 Å². The molecule has 0 saturated carbocycles. The van der Waals surface area contributed by atoms with Crippen LogP contribution in [0.1, 0.15) is 15.9 Å². The van der Waals surface area contributed by atoms with E-state index in [0.29, 0.717) is 6.07 Å². The van der Waals surface area contributed by atoms with E-state index in [0.717, 1.165) is 23.9 Å². The summed E-state index contributed by atoms with van der Waals surface area (Å²) in [7, 11) is 0. The fourth-order valence-electron chi connectivity index (χ4n) is 1.15. The quantitative estimate of drug-likeness (QED) is 0.826. The molecule has 8 heteroatoms. The van der Waals surface area contributed by atoms with E-state index in [4.69, 9.17) is 10.8 Å². The predicted molar refractivity (Wildman–Crippen MR) is 58.3 cm³/mol. The number of hydrogen-bond donors (Lipinski definition) is 2. The Morgan fingerprint density at radius 2 is 1.94 bits per heavy atom. The third-order valence-electron chi connectivity index (χ3n) is 1.91. The molecule has 1 aromatic carbocycles. The Kier molecular flexibility index (Phi) is 4.23. The Morgan fingerprint density at radius 3 is 2.39 bits per heavy atom. The lowest BCUT2D eigenvalue weighted by Crippen LogP contribution is -2.14. The average molecular weight is 279 g/mol. The standard InChI is InChI=1S/C10H8F3NO3S/c11-10(12,13)5-1-2-7(18-4-8(14)15)6(3-5)9(16)17/h1-3H,4H2,(H2,14,15)(H,16,17). The number of primary amides is 1. The lowest BCUT2D eigenvalue weighted by molar-refractivity contribution is -0.137. The Bertz CT molecular complexity index is 488. The second-order valence-corrected chi connectivity index (χ2v) is 4.29. The highest BCUT2D eigenvalue weighted by atomic mass is 32.2. The molecule has 1 aromatic rings. The highest BCUT2D eigenvalue weighted by Crippen LogP contribution is 2.33. The Hall–Kier alpha value is -1.70. The van der Waals surface area contributed by atoms with E-state index in [1.165, 1.54) is 0 Å². The molecule has 0 fully saturated rings. The van der Waals surface area contributed by atoms with Gasteiger partial charge in [0.05, 0.1) is 16.9 Å². The normalized spacial score (nSPS) is 11.3. The van der Waals surface area contributed by atoms with Crippen LogP contribution < -0.4 is 5.73 Å². The zero-order chi connectivity index (χ0) is 13.9. The molecule has 1 amide bonds. The fourth-order valence-corrected chi connectivity index (χ4v) is 1.91. The Labute approximate surface area is 104 Å². The maximum atomic E-state index is 12.4.